The first kappa shape index (κ1) is 15.7. The molecule has 0 spiro atoms. The van der Waals surface area contributed by atoms with Crippen LogP contribution in [0.5, 0.6) is 17.2 Å². The Labute approximate surface area is 137 Å². The third-order valence-corrected chi connectivity index (χ3v) is 4.21. The van der Waals surface area contributed by atoms with Crippen LogP contribution in [0.15, 0.2) is 42.5 Å². The molecular formula is C19H23NO3. The lowest BCUT2D eigenvalue weighted by atomic mass is 10.0. The predicted octanol–water partition coefficient (Wildman–Crippen LogP) is 3.59. The Morgan fingerprint density at radius 1 is 1.09 bits per heavy atom. The Balaban J connectivity index is 1.67. The molecule has 0 amide bonds. The second-order valence-electron chi connectivity index (χ2n) is 5.87. The molecule has 1 fully saturated rings. The van der Waals surface area contributed by atoms with Gasteiger partial charge in [0.1, 0.15) is 17.2 Å². The van der Waals surface area contributed by atoms with E-state index in [1.165, 1.54) is 12.8 Å². The van der Waals surface area contributed by atoms with E-state index >= 15 is 0 Å². The van der Waals surface area contributed by atoms with Crippen LogP contribution >= 0.6 is 0 Å². The number of aromatic hydroxyl groups is 1. The van der Waals surface area contributed by atoms with Crippen LogP contribution in [0.2, 0.25) is 0 Å². The average molecular weight is 313 g/mol. The van der Waals surface area contributed by atoms with E-state index in [2.05, 4.69) is 5.32 Å². The standard InChI is InChI=1S/C19H23NO3/c1-22-18-6-4-14(5-7-18)15-11-17(21)13-19(12-15)23-10-8-16-3-2-9-20-16/h4-7,11-13,16,20-21H,2-3,8-10H2,1H3. The van der Waals surface area contributed by atoms with Crippen LogP contribution in [-0.4, -0.2) is 31.4 Å². The van der Waals surface area contributed by atoms with Crippen LogP contribution in [0.1, 0.15) is 19.3 Å². The Hall–Kier alpha value is -2.20. The van der Waals surface area contributed by atoms with E-state index in [0.717, 1.165) is 29.8 Å². The van der Waals surface area contributed by atoms with Gasteiger partial charge in [-0.2, -0.15) is 0 Å². The molecule has 23 heavy (non-hydrogen) atoms. The Morgan fingerprint density at radius 2 is 1.91 bits per heavy atom. The number of phenols is 1. The molecule has 1 heterocycles. The number of rotatable bonds is 6. The smallest absolute Gasteiger partial charge is 0.123 e. The van der Waals surface area contributed by atoms with Crippen molar-refractivity contribution >= 4 is 0 Å². The molecule has 2 aromatic rings. The van der Waals surface area contributed by atoms with Crippen molar-refractivity contribution in [2.75, 3.05) is 20.3 Å². The van der Waals surface area contributed by atoms with Crippen molar-refractivity contribution in [1.82, 2.24) is 5.32 Å². The fourth-order valence-corrected chi connectivity index (χ4v) is 2.94. The highest BCUT2D eigenvalue weighted by molar-refractivity contribution is 5.67. The highest BCUT2D eigenvalue weighted by Gasteiger charge is 2.13. The summed E-state index contributed by atoms with van der Waals surface area (Å²) in [5, 5.41) is 13.4. The maximum atomic E-state index is 9.95. The van der Waals surface area contributed by atoms with E-state index < -0.39 is 0 Å². The van der Waals surface area contributed by atoms with Crippen molar-refractivity contribution in [3.05, 3.63) is 42.5 Å². The molecule has 1 aliphatic heterocycles. The second kappa shape index (κ2) is 7.38. The van der Waals surface area contributed by atoms with Gasteiger partial charge in [0.25, 0.3) is 0 Å². The van der Waals surface area contributed by atoms with Crippen LogP contribution in [0.3, 0.4) is 0 Å². The van der Waals surface area contributed by atoms with Gasteiger partial charge in [0, 0.05) is 12.1 Å². The summed E-state index contributed by atoms with van der Waals surface area (Å²) in [5.41, 5.74) is 1.95. The molecule has 4 heteroatoms. The average Bonchev–Trinajstić information content (AvgIpc) is 3.08. The van der Waals surface area contributed by atoms with E-state index in [1.54, 1.807) is 19.2 Å². The molecule has 1 atom stereocenters. The van der Waals surface area contributed by atoms with Crippen LogP contribution in [0.25, 0.3) is 11.1 Å². The van der Waals surface area contributed by atoms with Crippen molar-refractivity contribution in [2.24, 2.45) is 0 Å². The van der Waals surface area contributed by atoms with Crippen LogP contribution in [-0.2, 0) is 0 Å². The normalized spacial score (nSPS) is 17.2. The summed E-state index contributed by atoms with van der Waals surface area (Å²) < 4.78 is 11.0. The topological polar surface area (TPSA) is 50.7 Å². The first-order valence-corrected chi connectivity index (χ1v) is 8.09. The number of hydrogen-bond donors (Lipinski definition) is 2. The van der Waals surface area contributed by atoms with Crippen LogP contribution < -0.4 is 14.8 Å². The lowest BCUT2D eigenvalue weighted by Crippen LogP contribution is -2.23. The molecule has 4 nitrogen and oxygen atoms in total. The summed E-state index contributed by atoms with van der Waals surface area (Å²) in [7, 11) is 1.65. The quantitative estimate of drug-likeness (QED) is 0.856. The number of methoxy groups -OCH3 is 1. The van der Waals surface area contributed by atoms with Crippen molar-refractivity contribution in [1.29, 1.82) is 0 Å². The minimum atomic E-state index is 0.215. The second-order valence-corrected chi connectivity index (χ2v) is 5.87. The number of nitrogens with one attached hydrogen (secondary N) is 1. The van der Waals surface area contributed by atoms with Gasteiger partial charge in [-0.25, -0.2) is 0 Å². The summed E-state index contributed by atoms with van der Waals surface area (Å²) in [6, 6.07) is 13.7. The van der Waals surface area contributed by atoms with Gasteiger partial charge < -0.3 is 19.9 Å². The molecule has 1 aliphatic rings. The van der Waals surface area contributed by atoms with Gasteiger partial charge >= 0.3 is 0 Å². The molecule has 2 aromatic carbocycles. The number of benzene rings is 2. The molecule has 0 radical (unpaired) electrons. The van der Waals surface area contributed by atoms with Gasteiger partial charge in [-0.3, -0.25) is 0 Å². The van der Waals surface area contributed by atoms with Crippen molar-refractivity contribution in [2.45, 2.75) is 25.3 Å². The van der Waals surface area contributed by atoms with Gasteiger partial charge in [0.2, 0.25) is 0 Å². The summed E-state index contributed by atoms with van der Waals surface area (Å²) in [6.45, 7) is 1.77. The lowest BCUT2D eigenvalue weighted by molar-refractivity contribution is 0.291. The van der Waals surface area contributed by atoms with E-state index in [9.17, 15) is 5.11 Å². The minimum absolute atomic E-state index is 0.215. The highest BCUT2D eigenvalue weighted by atomic mass is 16.5. The number of ether oxygens (including phenoxy) is 2. The van der Waals surface area contributed by atoms with Crippen molar-refractivity contribution < 1.29 is 14.6 Å². The lowest BCUT2D eigenvalue weighted by Gasteiger charge is -2.13. The molecule has 2 N–H and O–H groups in total. The van der Waals surface area contributed by atoms with Gasteiger partial charge in [0.05, 0.1) is 13.7 Å². The molecule has 1 unspecified atom stereocenters. The van der Waals surface area contributed by atoms with Gasteiger partial charge in [0.15, 0.2) is 0 Å². The Morgan fingerprint density at radius 3 is 2.61 bits per heavy atom. The van der Waals surface area contributed by atoms with Crippen molar-refractivity contribution in [3.63, 3.8) is 0 Å². The zero-order valence-corrected chi connectivity index (χ0v) is 13.4. The summed E-state index contributed by atoms with van der Waals surface area (Å²) in [6.07, 6.45) is 3.46. The van der Waals surface area contributed by atoms with Crippen LogP contribution in [0.4, 0.5) is 0 Å². The maximum Gasteiger partial charge on any atom is 0.123 e. The summed E-state index contributed by atoms with van der Waals surface area (Å²) >= 11 is 0. The number of hydrogen-bond acceptors (Lipinski definition) is 4. The van der Waals surface area contributed by atoms with Crippen LogP contribution in [0, 0.1) is 0 Å². The molecule has 0 aliphatic carbocycles. The fourth-order valence-electron chi connectivity index (χ4n) is 2.94. The molecule has 1 saturated heterocycles. The fraction of sp³-hybridized carbons (Fsp3) is 0.368. The molecule has 0 saturated carbocycles. The third-order valence-electron chi connectivity index (χ3n) is 4.21. The van der Waals surface area contributed by atoms with E-state index in [4.69, 9.17) is 9.47 Å². The Kier molecular flexibility index (Phi) is 5.03. The van der Waals surface area contributed by atoms with E-state index in [-0.39, 0.29) is 5.75 Å². The largest absolute Gasteiger partial charge is 0.508 e. The monoisotopic (exact) mass is 313 g/mol. The molecule has 3 rings (SSSR count). The summed E-state index contributed by atoms with van der Waals surface area (Å²) in [5.74, 6) is 1.73. The van der Waals surface area contributed by atoms with Gasteiger partial charge in [-0.15, -0.1) is 0 Å². The van der Waals surface area contributed by atoms with Gasteiger partial charge in [-0.05, 0) is 61.2 Å². The first-order valence-electron chi connectivity index (χ1n) is 8.09. The highest BCUT2D eigenvalue weighted by Crippen LogP contribution is 2.30. The van der Waals surface area contributed by atoms with E-state index in [0.29, 0.717) is 18.4 Å². The Bertz CT molecular complexity index is 634. The van der Waals surface area contributed by atoms with Crippen molar-refractivity contribution in [3.8, 4) is 28.4 Å². The maximum absolute atomic E-state index is 9.95. The third kappa shape index (κ3) is 4.17. The number of phenolic OH excluding ortho intramolecular Hbond substituents is 1. The molecule has 122 valence electrons. The predicted molar refractivity (Wildman–Crippen MR) is 91.2 cm³/mol. The first-order chi connectivity index (χ1) is 11.2. The zero-order valence-electron chi connectivity index (χ0n) is 13.4. The van der Waals surface area contributed by atoms with Gasteiger partial charge in [-0.1, -0.05) is 12.1 Å². The minimum Gasteiger partial charge on any atom is -0.508 e. The SMILES string of the molecule is COc1ccc(-c2cc(O)cc(OCCC3CCCN3)c2)cc1. The zero-order chi connectivity index (χ0) is 16.1. The molecule has 0 bridgehead atoms. The molecular weight excluding hydrogens is 290 g/mol. The molecule has 0 aromatic heterocycles. The van der Waals surface area contributed by atoms with E-state index in [1.807, 2.05) is 30.3 Å². The summed E-state index contributed by atoms with van der Waals surface area (Å²) in [4.78, 5) is 0.